The Labute approximate surface area is 269 Å². The second kappa shape index (κ2) is 26.7. The number of amides is 2. The summed E-state index contributed by atoms with van der Waals surface area (Å²) in [4.78, 5) is 27.3. The van der Waals surface area contributed by atoms with Crippen LogP contribution in [0.2, 0.25) is 0 Å². The Morgan fingerprint density at radius 1 is 0.841 bits per heavy atom. The molecule has 0 saturated carbocycles. The van der Waals surface area contributed by atoms with E-state index in [-0.39, 0.29) is 25.9 Å². The Morgan fingerprint density at radius 2 is 1.36 bits per heavy atom. The second-order valence-electron chi connectivity index (χ2n) is 12.7. The van der Waals surface area contributed by atoms with E-state index < -0.39 is 36.0 Å². The fraction of sp³-hybridized carbons (Fsp3) is 0.886. The molecule has 44 heavy (non-hydrogen) atoms. The van der Waals surface area contributed by atoms with Gasteiger partial charge in [-0.3, -0.25) is 4.79 Å². The number of unbranched alkanes of at least 4 members (excludes halogenated alkanes) is 12. The largest absolute Gasteiger partial charge is 0.443 e. The molecule has 0 saturated heterocycles. The van der Waals surface area contributed by atoms with Gasteiger partial charge in [-0.2, -0.15) is 0 Å². The molecule has 260 valence electrons. The molecule has 2 unspecified atom stereocenters. The van der Waals surface area contributed by atoms with E-state index in [0.717, 1.165) is 37.0 Å². The summed E-state index contributed by atoms with van der Waals surface area (Å²) >= 11 is 0. The van der Waals surface area contributed by atoms with Crippen LogP contribution < -0.4 is 5.73 Å². The summed E-state index contributed by atoms with van der Waals surface area (Å²) in [6.45, 7) is 18.2. The second-order valence-corrected chi connectivity index (χ2v) is 12.7. The minimum atomic E-state index is -1.03. The maximum Gasteiger partial charge on any atom is 0.417 e. The first-order chi connectivity index (χ1) is 21.0. The third kappa shape index (κ3) is 21.3. The van der Waals surface area contributed by atoms with E-state index in [0.29, 0.717) is 13.2 Å². The average molecular weight is 629 g/mol. The third-order valence-electron chi connectivity index (χ3n) is 7.33. The van der Waals surface area contributed by atoms with Crippen molar-refractivity contribution in [3.63, 3.8) is 0 Å². The van der Waals surface area contributed by atoms with Crippen LogP contribution in [-0.2, 0) is 28.5 Å². The normalized spacial score (nSPS) is 14.5. The van der Waals surface area contributed by atoms with Crippen molar-refractivity contribution in [3.05, 3.63) is 12.7 Å². The van der Waals surface area contributed by atoms with Crippen molar-refractivity contribution in [2.45, 2.75) is 168 Å². The fourth-order valence-electron chi connectivity index (χ4n) is 4.82. The van der Waals surface area contributed by atoms with Crippen LogP contribution in [0.1, 0.15) is 138 Å². The molecule has 2 N–H and O–H groups in total. The number of imide groups is 1. The van der Waals surface area contributed by atoms with Gasteiger partial charge < -0.3 is 29.4 Å². The van der Waals surface area contributed by atoms with E-state index in [1.165, 1.54) is 64.7 Å². The lowest BCUT2D eigenvalue weighted by atomic mass is 10.1. The number of rotatable bonds is 28. The van der Waals surface area contributed by atoms with Crippen LogP contribution in [0.15, 0.2) is 12.7 Å². The van der Waals surface area contributed by atoms with Gasteiger partial charge in [-0.1, -0.05) is 97.0 Å². The van der Waals surface area contributed by atoms with Crippen molar-refractivity contribution >= 4 is 12.0 Å². The molecule has 2 amide bonds. The van der Waals surface area contributed by atoms with Crippen LogP contribution >= 0.6 is 0 Å². The molecule has 9 nitrogen and oxygen atoms in total. The van der Waals surface area contributed by atoms with Crippen molar-refractivity contribution in [2.75, 3.05) is 33.0 Å². The minimum absolute atomic E-state index is 0.0288. The number of ether oxygens (including phenoxy) is 5. The van der Waals surface area contributed by atoms with Gasteiger partial charge in [0.1, 0.15) is 11.6 Å². The molecule has 0 bridgehead atoms. The lowest BCUT2D eigenvalue weighted by molar-refractivity contribution is -0.220. The highest BCUT2D eigenvalue weighted by Gasteiger charge is 2.39. The topological polar surface area (TPSA) is 110 Å². The molecule has 0 aromatic rings. The first-order valence-corrected chi connectivity index (χ1v) is 17.3. The summed E-state index contributed by atoms with van der Waals surface area (Å²) in [5.74, 6) is -0.493. The van der Waals surface area contributed by atoms with E-state index in [2.05, 4.69) is 20.4 Å². The molecule has 0 aliphatic carbocycles. The quantitative estimate of drug-likeness (QED) is 0.0528. The van der Waals surface area contributed by atoms with Crippen molar-refractivity contribution in [1.29, 1.82) is 0 Å². The van der Waals surface area contributed by atoms with Gasteiger partial charge in [-0.05, 0) is 40.5 Å². The number of nitrogens with zero attached hydrogens (tertiary/aromatic N) is 1. The number of carbonyl (C=O) groups is 2. The molecule has 9 heteroatoms. The Balaban J connectivity index is 5.57. The Hall–Kier alpha value is -1.52. The van der Waals surface area contributed by atoms with E-state index in [4.69, 9.17) is 29.4 Å². The van der Waals surface area contributed by atoms with Gasteiger partial charge in [-0.15, -0.1) is 6.58 Å². The summed E-state index contributed by atoms with van der Waals surface area (Å²) in [7, 11) is 0. The highest BCUT2D eigenvalue weighted by atomic mass is 16.7. The van der Waals surface area contributed by atoms with E-state index in [9.17, 15) is 9.59 Å². The van der Waals surface area contributed by atoms with Crippen molar-refractivity contribution < 1.29 is 33.3 Å². The smallest absolute Gasteiger partial charge is 0.417 e. The highest BCUT2D eigenvalue weighted by molar-refractivity contribution is 5.91. The molecular formula is C35H68N2O7. The summed E-state index contributed by atoms with van der Waals surface area (Å²) < 4.78 is 30.2. The molecule has 0 spiro atoms. The molecular weight excluding hydrogens is 560 g/mol. The first kappa shape index (κ1) is 42.5. The Bertz CT molecular complexity index is 728. The van der Waals surface area contributed by atoms with Crippen LogP contribution in [0, 0.1) is 0 Å². The molecule has 0 fully saturated rings. The van der Waals surface area contributed by atoms with Crippen LogP contribution in [0.4, 0.5) is 4.79 Å². The number of hydrogen-bond acceptors (Lipinski definition) is 8. The molecule has 0 aliphatic rings. The van der Waals surface area contributed by atoms with Crippen LogP contribution in [-0.4, -0.2) is 80.0 Å². The lowest BCUT2D eigenvalue weighted by Gasteiger charge is -2.37. The van der Waals surface area contributed by atoms with Gasteiger partial charge in [0.2, 0.25) is 5.91 Å². The summed E-state index contributed by atoms with van der Waals surface area (Å²) in [6, 6.07) is -0.906. The fourth-order valence-corrected chi connectivity index (χ4v) is 4.82. The van der Waals surface area contributed by atoms with Gasteiger partial charge in [0.05, 0.1) is 25.4 Å². The third-order valence-corrected chi connectivity index (χ3v) is 7.33. The monoisotopic (exact) mass is 629 g/mol. The van der Waals surface area contributed by atoms with Crippen LogP contribution in [0.25, 0.3) is 0 Å². The van der Waals surface area contributed by atoms with Gasteiger partial charge in [-0.25, -0.2) is 9.69 Å². The zero-order valence-electron chi connectivity index (χ0n) is 29.4. The van der Waals surface area contributed by atoms with Gasteiger partial charge >= 0.3 is 6.09 Å². The molecule has 0 radical (unpaired) electrons. The number of hydrogen-bond donors (Lipinski definition) is 1. The summed E-state index contributed by atoms with van der Waals surface area (Å²) in [6.07, 6.45) is 15.4. The van der Waals surface area contributed by atoms with Gasteiger partial charge in [0.15, 0.2) is 6.29 Å². The predicted octanol–water partition coefficient (Wildman–Crippen LogP) is 7.93. The molecule has 0 aromatic heterocycles. The van der Waals surface area contributed by atoms with Crippen molar-refractivity contribution in [1.82, 2.24) is 4.90 Å². The van der Waals surface area contributed by atoms with Crippen molar-refractivity contribution in [2.24, 2.45) is 5.73 Å². The van der Waals surface area contributed by atoms with Crippen LogP contribution in [0.5, 0.6) is 0 Å². The lowest BCUT2D eigenvalue weighted by Crippen LogP contribution is -2.56. The molecule has 0 aliphatic heterocycles. The Kier molecular flexibility index (Phi) is 25.8. The summed E-state index contributed by atoms with van der Waals surface area (Å²) in [5, 5.41) is 0. The average Bonchev–Trinajstić information content (AvgIpc) is 2.96. The van der Waals surface area contributed by atoms with E-state index in [1.807, 2.05) is 6.92 Å². The standard InChI is InChI=1S/C35H68N2O7/c1-9-12-14-16-18-20-22-25-40-28-31(37(30(5)38)34(39)44-35(6,7)8)33(42-24-11-3)43-32(27-36)29(4)41-26-23-21-19-17-15-13-10-2/h11,29,31-33H,3,9-10,12-28,36H2,1-2,4-8H3/t29-,31-,32?,33?/m0/s1. The van der Waals surface area contributed by atoms with Gasteiger partial charge in [0.25, 0.3) is 0 Å². The first-order valence-electron chi connectivity index (χ1n) is 17.3. The maximum absolute atomic E-state index is 13.3. The summed E-state index contributed by atoms with van der Waals surface area (Å²) in [5.41, 5.74) is 5.34. The van der Waals surface area contributed by atoms with E-state index in [1.54, 1.807) is 26.8 Å². The zero-order chi connectivity index (χ0) is 33.2. The number of carbonyl (C=O) groups excluding carboxylic acids is 2. The molecule has 0 aromatic carbocycles. The maximum atomic E-state index is 13.3. The highest BCUT2D eigenvalue weighted by Crippen LogP contribution is 2.20. The number of nitrogens with two attached hydrogens (primary N) is 1. The Morgan fingerprint density at radius 3 is 1.84 bits per heavy atom. The molecule has 0 heterocycles. The van der Waals surface area contributed by atoms with E-state index >= 15 is 0 Å². The van der Waals surface area contributed by atoms with Crippen molar-refractivity contribution in [3.8, 4) is 0 Å². The minimum Gasteiger partial charge on any atom is -0.443 e. The molecule has 4 atom stereocenters. The predicted molar refractivity (Wildman–Crippen MR) is 179 cm³/mol. The zero-order valence-corrected chi connectivity index (χ0v) is 29.4. The van der Waals surface area contributed by atoms with Crippen LogP contribution in [0.3, 0.4) is 0 Å². The SMILES string of the molecule is C=CCOC(OC(CN)[C@H](C)OCCCCCCCCC)[C@H](COCCCCCCCCC)N(C(C)=O)C(=O)OC(C)(C)C. The molecule has 0 rings (SSSR count). The van der Waals surface area contributed by atoms with Gasteiger partial charge in [0, 0.05) is 26.7 Å².